The number of fused-ring (bicyclic) bond motifs is 1. The van der Waals surface area contributed by atoms with E-state index in [4.69, 9.17) is 28.3 Å². The Labute approximate surface area is 115 Å². The maximum absolute atomic E-state index is 12.8. The molecule has 8 heteroatoms. The van der Waals surface area contributed by atoms with Gasteiger partial charge in [-0.15, -0.1) is 0 Å². The zero-order valence-electron chi connectivity index (χ0n) is 8.96. The largest absolute Gasteiger partial charge is 0.478 e. The summed E-state index contributed by atoms with van der Waals surface area (Å²) in [5.41, 5.74) is -1.13. The predicted octanol–water partition coefficient (Wildman–Crippen LogP) is 3.70. The second-order valence-electron chi connectivity index (χ2n) is 3.69. The minimum absolute atomic E-state index is 0.0156. The van der Waals surface area contributed by atoms with Crippen LogP contribution in [0.5, 0.6) is 5.75 Å². The summed E-state index contributed by atoms with van der Waals surface area (Å²) in [4.78, 5) is 11.0. The average molecular weight is 313 g/mol. The molecule has 0 saturated carbocycles. The lowest BCUT2D eigenvalue weighted by atomic mass is 10.0. The summed E-state index contributed by atoms with van der Waals surface area (Å²) in [5.74, 6) is -2.01. The summed E-state index contributed by atoms with van der Waals surface area (Å²) in [6.07, 6.45) is -7.52. The summed E-state index contributed by atoms with van der Waals surface area (Å²) in [5, 5.41) is 8.34. The number of carbonyl (C=O) groups is 1. The molecular formula is C11H5Cl2F3O3. The van der Waals surface area contributed by atoms with E-state index >= 15 is 0 Å². The first-order chi connectivity index (χ1) is 8.73. The fraction of sp³-hybridized carbons (Fsp3) is 0.182. The van der Waals surface area contributed by atoms with E-state index in [0.717, 1.165) is 0 Å². The second kappa shape index (κ2) is 4.61. The molecule has 1 aliphatic rings. The van der Waals surface area contributed by atoms with Crippen molar-refractivity contribution >= 4 is 34.2 Å². The Balaban J connectivity index is 2.70. The van der Waals surface area contributed by atoms with Gasteiger partial charge in [0, 0.05) is 0 Å². The fourth-order valence-electron chi connectivity index (χ4n) is 1.69. The van der Waals surface area contributed by atoms with Crippen molar-refractivity contribution in [3.8, 4) is 5.75 Å². The Morgan fingerprint density at radius 1 is 1.32 bits per heavy atom. The standard InChI is InChI=1S/C11H5Cl2F3O3/c12-4-2-1-3-5-6(4)8(13)7(10(17)18)9(19-5)11(14,15)16/h1-3,9H,(H,17,18). The molecule has 0 bridgehead atoms. The highest BCUT2D eigenvalue weighted by atomic mass is 35.5. The van der Waals surface area contributed by atoms with Crippen molar-refractivity contribution in [2.24, 2.45) is 0 Å². The summed E-state index contributed by atoms with van der Waals surface area (Å²) in [6, 6.07) is 3.99. The van der Waals surface area contributed by atoms with Crippen molar-refractivity contribution in [2.75, 3.05) is 0 Å². The number of aliphatic carboxylic acids is 1. The normalized spacial score (nSPS) is 18.9. The Morgan fingerprint density at radius 2 is 1.95 bits per heavy atom. The molecular weight excluding hydrogens is 308 g/mol. The van der Waals surface area contributed by atoms with Gasteiger partial charge in [-0.2, -0.15) is 13.2 Å². The quantitative estimate of drug-likeness (QED) is 0.860. The van der Waals surface area contributed by atoms with Crippen molar-refractivity contribution in [1.82, 2.24) is 0 Å². The summed E-state index contributed by atoms with van der Waals surface area (Å²) >= 11 is 11.5. The van der Waals surface area contributed by atoms with Crippen LogP contribution < -0.4 is 4.74 Å². The monoisotopic (exact) mass is 312 g/mol. The van der Waals surface area contributed by atoms with Crippen LogP contribution >= 0.6 is 23.2 Å². The Hall–Kier alpha value is -1.40. The maximum Gasteiger partial charge on any atom is 0.430 e. The van der Waals surface area contributed by atoms with Gasteiger partial charge in [-0.05, 0) is 12.1 Å². The average Bonchev–Trinajstić information content (AvgIpc) is 2.26. The molecule has 0 aromatic heterocycles. The lowest BCUT2D eigenvalue weighted by Crippen LogP contribution is -2.41. The zero-order valence-corrected chi connectivity index (χ0v) is 10.5. The highest BCUT2D eigenvalue weighted by Crippen LogP contribution is 2.45. The van der Waals surface area contributed by atoms with Crippen molar-refractivity contribution in [2.45, 2.75) is 12.3 Å². The van der Waals surface area contributed by atoms with Crippen molar-refractivity contribution in [3.63, 3.8) is 0 Å². The third-order valence-corrected chi connectivity index (χ3v) is 3.17. The number of ether oxygens (including phenoxy) is 1. The van der Waals surface area contributed by atoms with Gasteiger partial charge in [-0.1, -0.05) is 29.3 Å². The van der Waals surface area contributed by atoms with E-state index in [9.17, 15) is 18.0 Å². The van der Waals surface area contributed by atoms with E-state index in [2.05, 4.69) is 4.74 Å². The number of benzene rings is 1. The number of alkyl halides is 3. The molecule has 1 aromatic carbocycles. The molecule has 1 aliphatic heterocycles. The first kappa shape index (κ1) is 14.0. The predicted molar refractivity (Wildman–Crippen MR) is 62.3 cm³/mol. The van der Waals surface area contributed by atoms with E-state index in [0.29, 0.717) is 0 Å². The van der Waals surface area contributed by atoms with E-state index in [1.807, 2.05) is 0 Å². The van der Waals surface area contributed by atoms with Crippen LogP contribution in [0.15, 0.2) is 23.8 Å². The van der Waals surface area contributed by atoms with Crippen LogP contribution in [0.4, 0.5) is 13.2 Å². The summed E-state index contributed by atoms with van der Waals surface area (Å²) in [7, 11) is 0. The van der Waals surface area contributed by atoms with Crippen LogP contribution in [0.2, 0.25) is 5.02 Å². The highest BCUT2D eigenvalue weighted by Gasteiger charge is 2.50. The molecule has 1 aromatic rings. The molecule has 0 amide bonds. The molecule has 1 N–H and O–H groups in total. The van der Waals surface area contributed by atoms with E-state index in [1.165, 1.54) is 18.2 Å². The first-order valence-electron chi connectivity index (χ1n) is 4.88. The van der Waals surface area contributed by atoms with Crippen LogP contribution in [-0.2, 0) is 4.79 Å². The van der Waals surface area contributed by atoms with Crippen molar-refractivity contribution in [3.05, 3.63) is 34.4 Å². The molecule has 1 heterocycles. The lowest BCUT2D eigenvalue weighted by Gasteiger charge is -2.28. The van der Waals surface area contributed by atoms with Crippen LogP contribution in [0, 0.1) is 0 Å². The molecule has 0 aliphatic carbocycles. The van der Waals surface area contributed by atoms with E-state index in [-0.39, 0.29) is 16.3 Å². The van der Waals surface area contributed by atoms with Crippen molar-refractivity contribution in [1.29, 1.82) is 0 Å². The van der Waals surface area contributed by atoms with E-state index < -0.39 is 28.9 Å². The SMILES string of the molecule is O=C(O)C1=C(Cl)c2c(Cl)cccc2OC1C(F)(F)F. The summed E-state index contributed by atoms with van der Waals surface area (Å²) < 4.78 is 43.1. The Kier molecular flexibility index (Phi) is 3.40. The van der Waals surface area contributed by atoms with Gasteiger partial charge in [-0.25, -0.2) is 4.79 Å². The van der Waals surface area contributed by atoms with Crippen LogP contribution in [0.3, 0.4) is 0 Å². The molecule has 0 fully saturated rings. The number of carboxylic acids is 1. The minimum atomic E-state index is -4.89. The highest BCUT2D eigenvalue weighted by molar-refractivity contribution is 6.53. The zero-order chi connectivity index (χ0) is 14.4. The lowest BCUT2D eigenvalue weighted by molar-refractivity contribution is -0.187. The van der Waals surface area contributed by atoms with Gasteiger partial charge < -0.3 is 9.84 Å². The molecule has 2 rings (SSSR count). The van der Waals surface area contributed by atoms with Gasteiger partial charge in [0.05, 0.1) is 15.6 Å². The molecule has 0 saturated heterocycles. The molecule has 1 unspecified atom stereocenters. The van der Waals surface area contributed by atoms with Gasteiger partial charge >= 0.3 is 12.1 Å². The van der Waals surface area contributed by atoms with Gasteiger partial charge in [0.25, 0.3) is 0 Å². The number of rotatable bonds is 1. The number of halogens is 5. The Morgan fingerprint density at radius 3 is 2.47 bits per heavy atom. The molecule has 1 atom stereocenters. The molecule has 19 heavy (non-hydrogen) atoms. The van der Waals surface area contributed by atoms with E-state index in [1.54, 1.807) is 0 Å². The number of hydrogen-bond acceptors (Lipinski definition) is 2. The molecule has 102 valence electrons. The van der Waals surface area contributed by atoms with Gasteiger partial charge in [-0.3, -0.25) is 0 Å². The summed E-state index contributed by atoms with van der Waals surface area (Å²) in [6.45, 7) is 0. The Bertz CT molecular complexity index is 581. The number of carboxylic acid groups (broad SMARTS) is 1. The fourth-order valence-corrected chi connectivity index (χ4v) is 2.37. The van der Waals surface area contributed by atoms with Crippen molar-refractivity contribution < 1.29 is 27.8 Å². The third kappa shape index (κ3) is 2.37. The number of hydrogen-bond donors (Lipinski definition) is 1. The minimum Gasteiger partial charge on any atom is -0.478 e. The smallest absolute Gasteiger partial charge is 0.430 e. The topological polar surface area (TPSA) is 46.5 Å². The third-order valence-electron chi connectivity index (χ3n) is 2.47. The van der Waals surface area contributed by atoms with Crippen LogP contribution in [0.25, 0.3) is 5.03 Å². The molecule has 0 spiro atoms. The van der Waals surface area contributed by atoms with Gasteiger partial charge in [0.1, 0.15) is 11.3 Å². The van der Waals surface area contributed by atoms with Gasteiger partial charge in [0.15, 0.2) is 0 Å². The van der Waals surface area contributed by atoms with Crippen LogP contribution in [0.1, 0.15) is 5.56 Å². The van der Waals surface area contributed by atoms with Crippen LogP contribution in [-0.4, -0.2) is 23.4 Å². The molecule has 3 nitrogen and oxygen atoms in total. The second-order valence-corrected chi connectivity index (χ2v) is 4.47. The van der Waals surface area contributed by atoms with Gasteiger partial charge in [0.2, 0.25) is 6.10 Å². The maximum atomic E-state index is 12.8. The first-order valence-corrected chi connectivity index (χ1v) is 5.64. The molecule has 0 radical (unpaired) electrons.